The van der Waals surface area contributed by atoms with Crippen molar-refractivity contribution in [3.05, 3.63) is 28.8 Å². The van der Waals surface area contributed by atoms with Gasteiger partial charge in [0.25, 0.3) is 5.91 Å². The Kier molecular flexibility index (Phi) is 5.34. The van der Waals surface area contributed by atoms with E-state index in [0.29, 0.717) is 13.1 Å². The summed E-state index contributed by atoms with van der Waals surface area (Å²) < 4.78 is 26.1. The molecule has 5 nitrogen and oxygen atoms in total. The Morgan fingerprint density at radius 2 is 1.89 bits per heavy atom. The van der Waals surface area contributed by atoms with Crippen molar-refractivity contribution in [2.75, 3.05) is 20.1 Å². The predicted octanol–water partition coefficient (Wildman–Crippen LogP) is 1.73. The summed E-state index contributed by atoms with van der Waals surface area (Å²) in [5.41, 5.74) is 0.262. The van der Waals surface area contributed by atoms with Gasteiger partial charge in [0.05, 0.1) is 5.02 Å². The summed E-state index contributed by atoms with van der Waals surface area (Å²) in [6.07, 6.45) is 0. The quantitative estimate of drug-likeness (QED) is 0.901. The molecular weight excluding hydrogens is 288 g/mol. The van der Waals surface area contributed by atoms with Gasteiger partial charge in [-0.05, 0) is 18.2 Å². The van der Waals surface area contributed by atoms with Gasteiger partial charge in [-0.1, -0.05) is 25.4 Å². The van der Waals surface area contributed by atoms with Gasteiger partial charge in [0.15, 0.2) is 0 Å². The van der Waals surface area contributed by atoms with E-state index < -0.39 is 10.0 Å². The van der Waals surface area contributed by atoms with Crippen LogP contribution in [0.5, 0.6) is 0 Å². The Balaban J connectivity index is 3.37. The van der Waals surface area contributed by atoms with Crippen LogP contribution in [0.1, 0.15) is 24.2 Å². The summed E-state index contributed by atoms with van der Waals surface area (Å²) in [5, 5.41) is 2.56. The minimum atomic E-state index is -3.67. The van der Waals surface area contributed by atoms with Gasteiger partial charge in [-0.3, -0.25) is 4.79 Å². The van der Waals surface area contributed by atoms with Crippen molar-refractivity contribution in [1.29, 1.82) is 0 Å². The number of carbonyl (C=O) groups excluding carboxylic acids is 1. The average Bonchev–Trinajstić information content (AvgIpc) is 2.39. The summed E-state index contributed by atoms with van der Waals surface area (Å²) in [6, 6.07) is 4.21. The van der Waals surface area contributed by atoms with Crippen molar-refractivity contribution in [1.82, 2.24) is 9.62 Å². The standard InChI is InChI=1S/C12H17ClN2O3S/c1-4-15(5-2)19(17,18)11-8-9(12(16)14-3)6-7-10(11)13/h6-8H,4-5H2,1-3H3,(H,14,16). The summed E-state index contributed by atoms with van der Waals surface area (Å²) in [7, 11) is -2.19. The molecule has 1 N–H and O–H groups in total. The van der Waals surface area contributed by atoms with Crippen LogP contribution < -0.4 is 5.32 Å². The number of nitrogens with zero attached hydrogens (tertiary/aromatic N) is 1. The molecule has 0 radical (unpaired) electrons. The Hall–Kier alpha value is -1.11. The second-order valence-electron chi connectivity index (χ2n) is 3.81. The first-order valence-electron chi connectivity index (χ1n) is 5.90. The van der Waals surface area contributed by atoms with E-state index in [0.717, 1.165) is 0 Å². The van der Waals surface area contributed by atoms with Crippen LogP contribution in [-0.4, -0.2) is 38.8 Å². The molecule has 0 saturated carbocycles. The molecule has 0 fully saturated rings. The van der Waals surface area contributed by atoms with E-state index >= 15 is 0 Å². The van der Waals surface area contributed by atoms with Crippen LogP contribution in [0.2, 0.25) is 5.02 Å². The maximum Gasteiger partial charge on any atom is 0.251 e. The molecule has 0 bridgehead atoms. The number of rotatable bonds is 5. The third kappa shape index (κ3) is 3.26. The lowest BCUT2D eigenvalue weighted by Gasteiger charge is -2.19. The number of sulfonamides is 1. The molecule has 0 heterocycles. The zero-order valence-electron chi connectivity index (χ0n) is 11.1. The number of nitrogens with one attached hydrogen (secondary N) is 1. The third-order valence-corrected chi connectivity index (χ3v) is 5.28. The number of halogens is 1. The Bertz CT molecular complexity index is 568. The number of benzene rings is 1. The lowest BCUT2D eigenvalue weighted by molar-refractivity contribution is 0.0963. The monoisotopic (exact) mass is 304 g/mol. The van der Waals surface area contributed by atoms with Crippen LogP contribution in [-0.2, 0) is 10.0 Å². The van der Waals surface area contributed by atoms with Gasteiger partial charge in [0.1, 0.15) is 4.90 Å². The largest absolute Gasteiger partial charge is 0.355 e. The van der Waals surface area contributed by atoms with E-state index in [9.17, 15) is 13.2 Å². The fourth-order valence-corrected chi connectivity index (χ4v) is 3.65. The van der Waals surface area contributed by atoms with Crippen LogP contribution in [0.25, 0.3) is 0 Å². The summed E-state index contributed by atoms with van der Waals surface area (Å²) >= 11 is 5.95. The van der Waals surface area contributed by atoms with Crippen molar-refractivity contribution < 1.29 is 13.2 Å². The molecule has 1 rings (SSSR count). The summed E-state index contributed by atoms with van der Waals surface area (Å²) in [6.45, 7) is 4.19. The molecule has 7 heteroatoms. The fraction of sp³-hybridized carbons (Fsp3) is 0.417. The Morgan fingerprint density at radius 3 is 2.37 bits per heavy atom. The molecule has 1 amide bonds. The van der Waals surface area contributed by atoms with Crippen LogP contribution >= 0.6 is 11.6 Å². The van der Waals surface area contributed by atoms with Crippen LogP contribution in [0.15, 0.2) is 23.1 Å². The van der Waals surface area contributed by atoms with Gasteiger partial charge < -0.3 is 5.32 Å². The topological polar surface area (TPSA) is 66.5 Å². The maximum absolute atomic E-state index is 12.4. The highest BCUT2D eigenvalue weighted by Gasteiger charge is 2.25. The molecule has 0 aromatic heterocycles. The highest BCUT2D eigenvalue weighted by atomic mass is 35.5. The van der Waals surface area contributed by atoms with E-state index in [4.69, 9.17) is 11.6 Å². The third-order valence-electron chi connectivity index (χ3n) is 2.74. The first-order valence-corrected chi connectivity index (χ1v) is 7.72. The van der Waals surface area contributed by atoms with E-state index in [1.165, 1.54) is 29.6 Å². The van der Waals surface area contributed by atoms with Crippen LogP contribution in [0.4, 0.5) is 0 Å². The van der Waals surface area contributed by atoms with Gasteiger partial charge in [0.2, 0.25) is 10.0 Å². The SMILES string of the molecule is CCN(CC)S(=O)(=O)c1cc(C(=O)NC)ccc1Cl. The summed E-state index contributed by atoms with van der Waals surface area (Å²) in [5.74, 6) is -0.354. The van der Waals surface area contributed by atoms with E-state index in [1.807, 2.05) is 0 Å². The molecule has 0 aliphatic rings. The van der Waals surface area contributed by atoms with Crippen LogP contribution in [0.3, 0.4) is 0 Å². The first-order chi connectivity index (χ1) is 8.88. The van der Waals surface area contributed by atoms with Gasteiger partial charge in [-0.25, -0.2) is 8.42 Å². The van der Waals surface area contributed by atoms with E-state index in [2.05, 4.69) is 5.32 Å². The van der Waals surface area contributed by atoms with Crippen molar-refractivity contribution in [2.45, 2.75) is 18.7 Å². The van der Waals surface area contributed by atoms with Gasteiger partial charge >= 0.3 is 0 Å². The number of hydrogen-bond donors (Lipinski definition) is 1. The van der Waals surface area contributed by atoms with Gasteiger partial charge in [-0.2, -0.15) is 4.31 Å². The molecule has 0 unspecified atom stereocenters. The molecule has 1 aromatic rings. The minimum Gasteiger partial charge on any atom is -0.355 e. The summed E-state index contributed by atoms with van der Waals surface area (Å²) in [4.78, 5) is 11.5. The minimum absolute atomic E-state index is 0.0426. The van der Waals surface area contributed by atoms with E-state index in [-0.39, 0.29) is 21.4 Å². The Morgan fingerprint density at radius 1 is 1.32 bits per heavy atom. The highest BCUT2D eigenvalue weighted by molar-refractivity contribution is 7.89. The average molecular weight is 305 g/mol. The molecule has 19 heavy (non-hydrogen) atoms. The van der Waals surface area contributed by atoms with Crippen molar-refractivity contribution in [2.24, 2.45) is 0 Å². The highest BCUT2D eigenvalue weighted by Crippen LogP contribution is 2.25. The van der Waals surface area contributed by atoms with Gasteiger partial charge in [0, 0.05) is 25.7 Å². The molecule has 0 atom stereocenters. The molecule has 0 spiro atoms. The second-order valence-corrected chi connectivity index (χ2v) is 6.13. The smallest absolute Gasteiger partial charge is 0.251 e. The van der Waals surface area contributed by atoms with Crippen molar-refractivity contribution >= 4 is 27.5 Å². The number of hydrogen-bond acceptors (Lipinski definition) is 3. The van der Waals surface area contributed by atoms with Gasteiger partial charge in [-0.15, -0.1) is 0 Å². The number of carbonyl (C=O) groups is 1. The molecule has 0 aliphatic heterocycles. The normalized spacial score (nSPS) is 11.6. The molecular formula is C12H17ClN2O3S. The maximum atomic E-state index is 12.4. The van der Waals surface area contributed by atoms with Crippen molar-refractivity contribution in [3.63, 3.8) is 0 Å². The van der Waals surface area contributed by atoms with Crippen molar-refractivity contribution in [3.8, 4) is 0 Å². The lowest BCUT2D eigenvalue weighted by atomic mass is 10.2. The zero-order valence-corrected chi connectivity index (χ0v) is 12.7. The second kappa shape index (κ2) is 6.36. The van der Waals surface area contributed by atoms with Crippen LogP contribution in [0, 0.1) is 0 Å². The lowest BCUT2D eigenvalue weighted by Crippen LogP contribution is -2.31. The molecule has 0 saturated heterocycles. The molecule has 0 aliphatic carbocycles. The van der Waals surface area contributed by atoms with E-state index in [1.54, 1.807) is 13.8 Å². The fourth-order valence-electron chi connectivity index (χ4n) is 1.69. The number of amides is 1. The predicted molar refractivity (Wildman–Crippen MR) is 74.9 cm³/mol. The zero-order chi connectivity index (χ0) is 14.6. The molecule has 106 valence electrons. The first kappa shape index (κ1) is 15.9. The molecule has 1 aromatic carbocycles. The Labute approximate surface area is 118 Å².